The molecule has 0 radical (unpaired) electrons. The molecular formula is C44H32N2. The molecule has 0 heterocycles. The summed E-state index contributed by atoms with van der Waals surface area (Å²) in [6.07, 6.45) is 1.88. The number of fused-ring (bicyclic) bond motifs is 3. The molecule has 0 aliphatic heterocycles. The number of benzene rings is 8. The zero-order valence-corrected chi connectivity index (χ0v) is 25.4. The van der Waals surface area contributed by atoms with Gasteiger partial charge in [-0.1, -0.05) is 134 Å². The van der Waals surface area contributed by atoms with Crippen molar-refractivity contribution in [3.63, 3.8) is 0 Å². The molecule has 0 aliphatic carbocycles. The van der Waals surface area contributed by atoms with Crippen molar-refractivity contribution in [3.05, 3.63) is 188 Å². The summed E-state index contributed by atoms with van der Waals surface area (Å²) in [5.41, 5.74) is 7.80. The van der Waals surface area contributed by atoms with Crippen LogP contribution in [0.25, 0.3) is 38.4 Å². The number of nitrogens with zero attached hydrogens (tertiary/aromatic N) is 2. The van der Waals surface area contributed by atoms with E-state index < -0.39 is 0 Å². The van der Waals surface area contributed by atoms with Crippen molar-refractivity contribution in [2.75, 3.05) is 9.80 Å². The Bertz CT molecular complexity index is 2240. The smallest absolute Gasteiger partial charge is 0.0540 e. The molecular weight excluding hydrogens is 556 g/mol. The third-order valence-corrected chi connectivity index (χ3v) is 8.78. The predicted molar refractivity (Wildman–Crippen MR) is 198 cm³/mol. The van der Waals surface area contributed by atoms with Crippen LogP contribution in [0.3, 0.4) is 0 Å². The van der Waals surface area contributed by atoms with Crippen LogP contribution in [0.15, 0.2) is 183 Å². The first-order valence-corrected chi connectivity index (χ1v) is 15.6. The van der Waals surface area contributed by atoms with E-state index in [0.29, 0.717) is 0 Å². The van der Waals surface area contributed by atoms with Crippen molar-refractivity contribution >= 4 is 72.5 Å². The lowest BCUT2D eigenvalue weighted by atomic mass is 10.0. The van der Waals surface area contributed by atoms with Crippen molar-refractivity contribution in [3.8, 4) is 0 Å². The normalized spacial score (nSPS) is 11.1. The van der Waals surface area contributed by atoms with Gasteiger partial charge in [0.1, 0.15) is 0 Å². The number of hydrogen-bond donors (Lipinski definition) is 0. The second kappa shape index (κ2) is 11.8. The molecule has 0 unspecified atom stereocenters. The lowest BCUT2D eigenvalue weighted by Crippen LogP contribution is -2.13. The van der Waals surface area contributed by atoms with Crippen molar-refractivity contribution < 1.29 is 0 Å². The minimum atomic E-state index is 1.09. The van der Waals surface area contributed by atoms with Gasteiger partial charge in [-0.3, -0.25) is 0 Å². The van der Waals surface area contributed by atoms with Crippen LogP contribution in [0, 0.1) is 0 Å². The Morgan fingerprint density at radius 1 is 0.326 bits per heavy atom. The monoisotopic (exact) mass is 588 g/mol. The standard InChI is InChI=1S/C44H32N2/c1-2-32-24-26-36(27-25-32)45(42-21-9-15-33-12-3-6-18-39(33)42)37-28-30-38(31-29-37)46(43-22-10-16-34-13-4-7-19-40(34)43)44-23-11-17-35-14-5-8-20-41(35)44/h2-31H,1H2. The van der Waals surface area contributed by atoms with Crippen LogP contribution in [-0.2, 0) is 0 Å². The molecule has 2 nitrogen and oxygen atoms in total. The molecule has 0 amide bonds. The van der Waals surface area contributed by atoms with Crippen LogP contribution in [-0.4, -0.2) is 0 Å². The van der Waals surface area contributed by atoms with Gasteiger partial charge in [0.25, 0.3) is 0 Å². The molecule has 0 aliphatic rings. The molecule has 0 aromatic heterocycles. The fourth-order valence-corrected chi connectivity index (χ4v) is 6.56. The van der Waals surface area contributed by atoms with Crippen LogP contribution >= 0.6 is 0 Å². The Balaban J connectivity index is 1.32. The summed E-state index contributed by atoms with van der Waals surface area (Å²) in [4.78, 5) is 4.74. The maximum atomic E-state index is 3.96. The molecule has 8 aromatic carbocycles. The second-order valence-electron chi connectivity index (χ2n) is 11.5. The summed E-state index contributed by atoms with van der Waals surface area (Å²) >= 11 is 0. The minimum Gasteiger partial charge on any atom is -0.310 e. The lowest BCUT2D eigenvalue weighted by molar-refractivity contribution is 1.27. The average Bonchev–Trinajstić information content (AvgIpc) is 3.13. The van der Waals surface area contributed by atoms with Crippen LogP contribution in [0.4, 0.5) is 34.1 Å². The Morgan fingerprint density at radius 2 is 0.652 bits per heavy atom. The molecule has 0 bridgehead atoms. The number of anilines is 6. The van der Waals surface area contributed by atoms with Gasteiger partial charge in [-0.15, -0.1) is 0 Å². The summed E-state index contributed by atoms with van der Waals surface area (Å²) in [5, 5.41) is 7.26. The van der Waals surface area contributed by atoms with E-state index >= 15 is 0 Å². The first-order chi connectivity index (χ1) is 22.8. The highest BCUT2D eigenvalue weighted by atomic mass is 15.2. The Labute approximate surface area is 269 Å². The van der Waals surface area contributed by atoms with Gasteiger partial charge >= 0.3 is 0 Å². The molecule has 0 saturated carbocycles. The van der Waals surface area contributed by atoms with E-state index in [9.17, 15) is 0 Å². The van der Waals surface area contributed by atoms with E-state index in [1.165, 1.54) is 32.3 Å². The topological polar surface area (TPSA) is 6.48 Å². The first kappa shape index (κ1) is 27.4. The third-order valence-electron chi connectivity index (χ3n) is 8.78. The highest BCUT2D eigenvalue weighted by Gasteiger charge is 2.20. The van der Waals surface area contributed by atoms with Gasteiger partial charge in [-0.25, -0.2) is 0 Å². The summed E-state index contributed by atoms with van der Waals surface area (Å²) < 4.78 is 0. The molecule has 0 N–H and O–H groups in total. The molecule has 46 heavy (non-hydrogen) atoms. The van der Waals surface area contributed by atoms with Crippen molar-refractivity contribution in [2.45, 2.75) is 0 Å². The van der Waals surface area contributed by atoms with Crippen LogP contribution < -0.4 is 9.80 Å². The van der Waals surface area contributed by atoms with Gasteiger partial charge < -0.3 is 9.80 Å². The molecule has 0 atom stereocenters. The summed E-state index contributed by atoms with van der Waals surface area (Å²) in [5.74, 6) is 0. The minimum absolute atomic E-state index is 1.09. The SMILES string of the molecule is C=Cc1ccc(N(c2ccc(N(c3cccc4ccccc34)c3cccc4ccccc34)cc2)c2cccc3ccccc23)cc1. The lowest BCUT2D eigenvalue weighted by Gasteiger charge is -2.30. The zero-order chi connectivity index (χ0) is 30.9. The molecule has 8 rings (SSSR count). The molecule has 0 saturated heterocycles. The predicted octanol–water partition coefficient (Wildman–Crippen LogP) is 12.7. The second-order valence-corrected chi connectivity index (χ2v) is 11.5. The molecule has 0 fully saturated rings. The molecule has 0 spiro atoms. The van der Waals surface area contributed by atoms with Gasteiger partial charge in [0.2, 0.25) is 0 Å². The van der Waals surface area contributed by atoms with Crippen molar-refractivity contribution in [1.29, 1.82) is 0 Å². The number of hydrogen-bond acceptors (Lipinski definition) is 2. The van der Waals surface area contributed by atoms with E-state index in [1.54, 1.807) is 0 Å². The van der Waals surface area contributed by atoms with Gasteiger partial charge in [0.15, 0.2) is 0 Å². The maximum Gasteiger partial charge on any atom is 0.0540 e. The zero-order valence-electron chi connectivity index (χ0n) is 25.4. The van der Waals surface area contributed by atoms with Crippen LogP contribution in [0.1, 0.15) is 5.56 Å². The van der Waals surface area contributed by atoms with Gasteiger partial charge in [0, 0.05) is 33.2 Å². The Kier molecular flexibility index (Phi) is 7.01. The molecule has 8 aromatic rings. The Morgan fingerprint density at radius 3 is 1.07 bits per heavy atom. The Hall–Kier alpha value is -6.12. The third kappa shape index (κ3) is 4.87. The fourth-order valence-electron chi connectivity index (χ4n) is 6.56. The summed E-state index contributed by atoms with van der Waals surface area (Å²) in [6.45, 7) is 3.96. The highest BCUT2D eigenvalue weighted by Crippen LogP contribution is 2.44. The first-order valence-electron chi connectivity index (χ1n) is 15.6. The van der Waals surface area contributed by atoms with E-state index in [4.69, 9.17) is 0 Å². The quantitative estimate of drug-likeness (QED) is 0.183. The molecule has 2 heteroatoms. The van der Waals surface area contributed by atoms with E-state index in [-0.39, 0.29) is 0 Å². The fraction of sp³-hybridized carbons (Fsp3) is 0. The van der Waals surface area contributed by atoms with E-state index in [0.717, 1.165) is 39.7 Å². The van der Waals surface area contributed by atoms with Gasteiger partial charge in [0.05, 0.1) is 17.1 Å². The summed E-state index contributed by atoms with van der Waals surface area (Å²) in [6, 6.07) is 63.0. The van der Waals surface area contributed by atoms with Crippen molar-refractivity contribution in [2.24, 2.45) is 0 Å². The highest BCUT2D eigenvalue weighted by molar-refractivity contribution is 6.05. The van der Waals surface area contributed by atoms with Crippen LogP contribution in [0.5, 0.6) is 0 Å². The van der Waals surface area contributed by atoms with E-state index in [1.807, 2.05) is 6.08 Å². The van der Waals surface area contributed by atoms with Gasteiger partial charge in [-0.2, -0.15) is 0 Å². The average molecular weight is 589 g/mol. The summed E-state index contributed by atoms with van der Waals surface area (Å²) in [7, 11) is 0. The number of rotatable bonds is 7. The van der Waals surface area contributed by atoms with E-state index in [2.05, 4.69) is 192 Å². The van der Waals surface area contributed by atoms with Gasteiger partial charge in [-0.05, 0) is 76.3 Å². The van der Waals surface area contributed by atoms with Crippen molar-refractivity contribution in [1.82, 2.24) is 0 Å². The largest absolute Gasteiger partial charge is 0.310 e. The van der Waals surface area contributed by atoms with Crippen LogP contribution in [0.2, 0.25) is 0 Å². The molecule has 218 valence electrons. The maximum absolute atomic E-state index is 3.96.